The second-order valence-corrected chi connectivity index (χ2v) is 8.70. The van der Waals surface area contributed by atoms with E-state index in [4.69, 9.17) is 26.9 Å². The fraction of sp³-hybridized carbons (Fsp3) is 0.0455. The van der Waals surface area contributed by atoms with Crippen LogP contribution in [0.3, 0.4) is 0 Å². The maximum absolute atomic E-state index is 5.60. The average Bonchev–Trinajstić information content (AvgIpc) is 3.14. The quantitative estimate of drug-likeness (QED) is 0.170. The number of benzene rings is 3. The summed E-state index contributed by atoms with van der Waals surface area (Å²) in [6.07, 6.45) is 0. The molecular weight excluding hydrogens is 418 g/mol. The lowest BCUT2D eigenvalue weighted by molar-refractivity contribution is 0.412. The molecule has 4 aromatic rings. The van der Waals surface area contributed by atoms with Crippen LogP contribution in [0.2, 0.25) is 0 Å². The zero-order valence-electron chi connectivity index (χ0n) is 15.6. The SMILES string of the molecule is COc1ccccc1-n1c(=S)ssc1=NC(=Nc1ccccc1)c1ccccc1. The maximum atomic E-state index is 5.60. The number of amidine groups is 1. The van der Waals surface area contributed by atoms with Gasteiger partial charge in [0.05, 0.1) is 18.5 Å². The van der Waals surface area contributed by atoms with Crippen LogP contribution in [-0.4, -0.2) is 17.5 Å². The molecular formula is C22H17N3OS3. The van der Waals surface area contributed by atoms with Crippen molar-refractivity contribution in [3.05, 3.63) is 99.2 Å². The van der Waals surface area contributed by atoms with Crippen molar-refractivity contribution in [1.82, 2.24) is 4.57 Å². The first-order valence-corrected chi connectivity index (χ1v) is 11.4. The zero-order chi connectivity index (χ0) is 20.1. The lowest BCUT2D eigenvalue weighted by Crippen LogP contribution is -2.16. The smallest absolute Gasteiger partial charge is 0.208 e. The van der Waals surface area contributed by atoms with Gasteiger partial charge in [0, 0.05) is 5.56 Å². The normalized spacial score (nSPS) is 12.2. The summed E-state index contributed by atoms with van der Waals surface area (Å²) >= 11 is 5.60. The number of ether oxygens (including phenoxy) is 1. The van der Waals surface area contributed by atoms with Gasteiger partial charge < -0.3 is 4.74 Å². The van der Waals surface area contributed by atoms with Gasteiger partial charge in [0.2, 0.25) is 4.80 Å². The van der Waals surface area contributed by atoms with E-state index in [1.165, 1.54) is 20.7 Å². The average molecular weight is 436 g/mol. The molecule has 0 aliphatic rings. The van der Waals surface area contributed by atoms with Crippen LogP contribution in [0.25, 0.3) is 5.69 Å². The number of rotatable bonds is 4. The van der Waals surface area contributed by atoms with Crippen molar-refractivity contribution >= 4 is 44.4 Å². The highest BCUT2D eigenvalue weighted by molar-refractivity contribution is 7.79. The lowest BCUT2D eigenvalue weighted by Gasteiger charge is -2.09. The van der Waals surface area contributed by atoms with Gasteiger partial charge in [-0.2, -0.15) is 4.99 Å². The summed E-state index contributed by atoms with van der Waals surface area (Å²) in [5.41, 5.74) is 2.65. The Balaban J connectivity index is 1.93. The Kier molecular flexibility index (Phi) is 6.09. The van der Waals surface area contributed by atoms with Crippen molar-refractivity contribution in [1.29, 1.82) is 0 Å². The molecule has 0 fully saturated rings. The van der Waals surface area contributed by atoms with Crippen LogP contribution >= 0.6 is 32.9 Å². The van der Waals surface area contributed by atoms with Crippen LogP contribution in [0.15, 0.2) is 94.9 Å². The van der Waals surface area contributed by atoms with Gasteiger partial charge in [-0.15, -0.1) is 0 Å². The van der Waals surface area contributed by atoms with Gasteiger partial charge in [0.15, 0.2) is 9.79 Å². The molecule has 0 N–H and O–H groups in total. The van der Waals surface area contributed by atoms with E-state index in [1.54, 1.807) is 7.11 Å². The zero-order valence-corrected chi connectivity index (χ0v) is 18.0. The molecule has 4 nitrogen and oxygen atoms in total. The van der Waals surface area contributed by atoms with Gasteiger partial charge in [0.1, 0.15) is 5.75 Å². The van der Waals surface area contributed by atoms with Crippen LogP contribution < -0.4 is 9.54 Å². The third-order valence-electron chi connectivity index (χ3n) is 4.11. The van der Waals surface area contributed by atoms with Crippen LogP contribution in [0.5, 0.6) is 5.75 Å². The predicted octanol–water partition coefficient (Wildman–Crippen LogP) is 6.02. The van der Waals surface area contributed by atoms with Gasteiger partial charge in [-0.05, 0) is 57.2 Å². The molecule has 0 atom stereocenters. The highest BCUT2D eigenvalue weighted by atomic mass is 32.9. The summed E-state index contributed by atoms with van der Waals surface area (Å²) in [5, 5.41) is 0. The first kappa shape index (κ1) is 19.4. The summed E-state index contributed by atoms with van der Waals surface area (Å²) < 4.78 is 8.19. The van der Waals surface area contributed by atoms with E-state index in [1.807, 2.05) is 89.5 Å². The fourth-order valence-corrected chi connectivity index (χ4v) is 5.16. The highest BCUT2D eigenvalue weighted by Gasteiger charge is 2.11. The molecule has 0 saturated carbocycles. The van der Waals surface area contributed by atoms with Gasteiger partial charge >= 0.3 is 0 Å². The molecule has 144 valence electrons. The number of aliphatic imine (C=N–C) groups is 1. The molecule has 0 saturated heterocycles. The maximum Gasteiger partial charge on any atom is 0.208 e. The highest BCUT2D eigenvalue weighted by Crippen LogP contribution is 2.23. The van der Waals surface area contributed by atoms with Crippen LogP contribution in [0, 0.1) is 3.95 Å². The van der Waals surface area contributed by atoms with Gasteiger partial charge in [-0.25, -0.2) is 4.99 Å². The number of nitrogens with zero attached hydrogens (tertiary/aromatic N) is 3. The predicted molar refractivity (Wildman–Crippen MR) is 124 cm³/mol. The summed E-state index contributed by atoms with van der Waals surface area (Å²) in [7, 11) is 4.68. The van der Waals surface area contributed by atoms with E-state index in [2.05, 4.69) is 0 Å². The van der Waals surface area contributed by atoms with Crippen molar-refractivity contribution in [3.63, 3.8) is 0 Å². The first-order chi connectivity index (χ1) is 14.3. The summed E-state index contributed by atoms with van der Waals surface area (Å²) in [6.45, 7) is 0. The molecule has 29 heavy (non-hydrogen) atoms. The Morgan fingerprint density at radius 1 is 0.862 bits per heavy atom. The Hall–Kier alpha value is -2.87. The Morgan fingerprint density at radius 2 is 1.52 bits per heavy atom. The second kappa shape index (κ2) is 9.09. The molecule has 7 heteroatoms. The molecule has 0 aliphatic carbocycles. The second-order valence-electron chi connectivity index (χ2n) is 5.97. The minimum absolute atomic E-state index is 0.629. The molecule has 0 aliphatic heterocycles. The Labute approximate surface area is 181 Å². The van der Waals surface area contributed by atoms with Crippen LogP contribution in [-0.2, 0) is 0 Å². The van der Waals surface area contributed by atoms with E-state index in [-0.39, 0.29) is 0 Å². The monoisotopic (exact) mass is 435 g/mol. The molecule has 4 rings (SSSR count). The standard InChI is InChI=1S/C22H17N3OS3/c1-26-19-15-9-8-14-18(19)25-21(28-29-22(25)27)24-20(16-10-4-2-5-11-16)23-17-12-6-3-7-13-17/h2-15H,1H3. The van der Waals surface area contributed by atoms with E-state index in [0.717, 1.165) is 27.5 Å². The van der Waals surface area contributed by atoms with Crippen LogP contribution in [0.4, 0.5) is 5.69 Å². The van der Waals surface area contributed by atoms with Crippen molar-refractivity contribution in [2.24, 2.45) is 9.98 Å². The van der Waals surface area contributed by atoms with E-state index >= 15 is 0 Å². The third kappa shape index (κ3) is 4.42. The van der Waals surface area contributed by atoms with Gasteiger partial charge in [0.25, 0.3) is 0 Å². The first-order valence-electron chi connectivity index (χ1n) is 8.86. The molecule has 3 aromatic carbocycles. The molecule has 0 spiro atoms. The topological polar surface area (TPSA) is 38.9 Å². The summed E-state index contributed by atoms with van der Waals surface area (Å²) in [4.78, 5) is 10.5. The number of hydrogen-bond donors (Lipinski definition) is 0. The molecule has 0 unspecified atom stereocenters. The Morgan fingerprint density at radius 3 is 2.24 bits per heavy atom. The van der Waals surface area contributed by atoms with Crippen molar-refractivity contribution in [2.45, 2.75) is 0 Å². The number of methoxy groups -OCH3 is 1. The van der Waals surface area contributed by atoms with Crippen molar-refractivity contribution in [3.8, 4) is 11.4 Å². The number of hydrogen-bond acceptors (Lipinski definition) is 5. The molecule has 0 bridgehead atoms. The fourth-order valence-electron chi connectivity index (χ4n) is 2.77. The molecule has 1 heterocycles. The summed E-state index contributed by atoms with van der Waals surface area (Å²) in [6, 6.07) is 27.6. The lowest BCUT2D eigenvalue weighted by atomic mass is 10.2. The van der Waals surface area contributed by atoms with Gasteiger partial charge in [-0.3, -0.25) is 4.57 Å². The van der Waals surface area contributed by atoms with Crippen molar-refractivity contribution < 1.29 is 4.74 Å². The van der Waals surface area contributed by atoms with Crippen molar-refractivity contribution in [2.75, 3.05) is 7.11 Å². The number of aromatic nitrogens is 1. The molecule has 0 amide bonds. The largest absolute Gasteiger partial charge is 0.495 e. The molecule has 1 aromatic heterocycles. The van der Waals surface area contributed by atoms with E-state index in [9.17, 15) is 0 Å². The van der Waals surface area contributed by atoms with E-state index in [0.29, 0.717) is 9.79 Å². The Bertz CT molecular complexity index is 1260. The minimum atomic E-state index is 0.629. The number of para-hydroxylation sites is 3. The van der Waals surface area contributed by atoms with Crippen LogP contribution in [0.1, 0.15) is 5.56 Å². The summed E-state index contributed by atoms with van der Waals surface area (Å²) in [5.74, 6) is 1.37. The molecule has 0 radical (unpaired) electrons. The van der Waals surface area contributed by atoms with E-state index < -0.39 is 0 Å². The third-order valence-corrected chi connectivity index (χ3v) is 6.86. The minimum Gasteiger partial charge on any atom is -0.495 e. The van der Waals surface area contributed by atoms with Gasteiger partial charge in [-0.1, -0.05) is 60.7 Å².